The SMILES string of the molecule is COc1ccc(S(=O)(=O)N(CC(=O)Nc2cc(C)ccc2OC)c2ccc(C)cc2)cc1. The number of rotatable bonds is 8. The van der Waals surface area contributed by atoms with Crippen LogP contribution in [0.2, 0.25) is 0 Å². The molecule has 3 aromatic carbocycles. The van der Waals surface area contributed by atoms with Gasteiger partial charge in [-0.25, -0.2) is 8.42 Å². The summed E-state index contributed by atoms with van der Waals surface area (Å²) in [4.78, 5) is 13.0. The van der Waals surface area contributed by atoms with Crippen molar-refractivity contribution in [3.05, 3.63) is 77.9 Å². The van der Waals surface area contributed by atoms with Crippen LogP contribution in [-0.4, -0.2) is 35.1 Å². The molecule has 0 bridgehead atoms. The molecule has 7 nitrogen and oxygen atoms in total. The minimum Gasteiger partial charge on any atom is -0.497 e. The fourth-order valence-electron chi connectivity index (χ4n) is 3.14. The van der Waals surface area contributed by atoms with E-state index < -0.39 is 22.5 Å². The second-order valence-electron chi connectivity index (χ2n) is 7.27. The van der Waals surface area contributed by atoms with Gasteiger partial charge in [0.15, 0.2) is 0 Å². The van der Waals surface area contributed by atoms with Crippen molar-refractivity contribution in [1.29, 1.82) is 0 Å². The summed E-state index contributed by atoms with van der Waals surface area (Å²) in [5, 5.41) is 2.77. The minimum atomic E-state index is -4.02. The maximum atomic E-state index is 13.5. The van der Waals surface area contributed by atoms with Crippen LogP contribution in [-0.2, 0) is 14.8 Å². The number of methoxy groups -OCH3 is 2. The van der Waals surface area contributed by atoms with Gasteiger partial charge in [0.2, 0.25) is 5.91 Å². The van der Waals surface area contributed by atoms with Gasteiger partial charge in [0.1, 0.15) is 18.0 Å². The Morgan fingerprint density at radius 3 is 2.09 bits per heavy atom. The molecule has 168 valence electrons. The predicted molar refractivity (Wildman–Crippen MR) is 125 cm³/mol. The van der Waals surface area contributed by atoms with Crippen molar-refractivity contribution in [2.45, 2.75) is 18.7 Å². The molecule has 0 fully saturated rings. The van der Waals surface area contributed by atoms with E-state index in [0.717, 1.165) is 15.4 Å². The highest BCUT2D eigenvalue weighted by Gasteiger charge is 2.27. The fraction of sp³-hybridized carbons (Fsp3) is 0.208. The zero-order valence-electron chi connectivity index (χ0n) is 18.5. The molecule has 0 saturated heterocycles. The van der Waals surface area contributed by atoms with Crippen molar-refractivity contribution in [2.75, 3.05) is 30.4 Å². The van der Waals surface area contributed by atoms with Crippen molar-refractivity contribution in [2.24, 2.45) is 0 Å². The van der Waals surface area contributed by atoms with Crippen LogP contribution in [0, 0.1) is 13.8 Å². The number of nitrogens with zero attached hydrogens (tertiary/aromatic N) is 1. The number of carbonyl (C=O) groups excluding carboxylic acids is 1. The Morgan fingerprint density at radius 1 is 0.875 bits per heavy atom. The minimum absolute atomic E-state index is 0.0554. The summed E-state index contributed by atoms with van der Waals surface area (Å²) in [6, 6.07) is 18.4. The highest BCUT2D eigenvalue weighted by molar-refractivity contribution is 7.92. The largest absolute Gasteiger partial charge is 0.497 e. The lowest BCUT2D eigenvalue weighted by Gasteiger charge is -2.24. The molecule has 32 heavy (non-hydrogen) atoms. The van der Waals surface area contributed by atoms with E-state index >= 15 is 0 Å². The van der Waals surface area contributed by atoms with Gasteiger partial charge in [-0.1, -0.05) is 23.8 Å². The van der Waals surface area contributed by atoms with Crippen LogP contribution in [0.1, 0.15) is 11.1 Å². The Kier molecular flexibility index (Phi) is 7.05. The molecule has 8 heteroatoms. The smallest absolute Gasteiger partial charge is 0.264 e. The van der Waals surface area contributed by atoms with Crippen molar-refractivity contribution < 1.29 is 22.7 Å². The Balaban J connectivity index is 1.95. The first kappa shape index (κ1) is 23.1. The van der Waals surface area contributed by atoms with Gasteiger partial charge in [-0.05, 0) is 67.9 Å². The summed E-state index contributed by atoms with van der Waals surface area (Å²) in [5.41, 5.74) is 2.77. The molecule has 0 spiro atoms. The van der Waals surface area contributed by atoms with Crippen LogP contribution in [0.5, 0.6) is 11.5 Å². The molecule has 0 aromatic heterocycles. The third-order valence-corrected chi connectivity index (χ3v) is 6.67. The summed E-state index contributed by atoms with van der Waals surface area (Å²) in [6.45, 7) is 3.39. The van der Waals surface area contributed by atoms with Gasteiger partial charge in [-0.2, -0.15) is 0 Å². The zero-order valence-corrected chi connectivity index (χ0v) is 19.3. The van der Waals surface area contributed by atoms with Gasteiger partial charge >= 0.3 is 0 Å². The molecule has 3 aromatic rings. The molecule has 0 unspecified atom stereocenters. The Bertz CT molecular complexity index is 1190. The van der Waals surface area contributed by atoms with Crippen molar-refractivity contribution in [3.63, 3.8) is 0 Å². The van der Waals surface area contributed by atoms with Gasteiger partial charge < -0.3 is 14.8 Å². The van der Waals surface area contributed by atoms with Crippen molar-refractivity contribution >= 4 is 27.3 Å². The summed E-state index contributed by atoms with van der Waals surface area (Å²) in [7, 11) is -1.00. The summed E-state index contributed by atoms with van der Waals surface area (Å²) < 4.78 is 38.4. The number of sulfonamides is 1. The highest BCUT2D eigenvalue weighted by Crippen LogP contribution is 2.28. The maximum Gasteiger partial charge on any atom is 0.264 e. The molecule has 0 aliphatic heterocycles. The molecule has 0 aliphatic carbocycles. The van der Waals surface area contributed by atoms with Gasteiger partial charge in [0, 0.05) is 0 Å². The molecule has 0 radical (unpaired) electrons. The number of carbonyl (C=O) groups is 1. The van der Waals surface area contributed by atoms with Gasteiger partial charge in [0.25, 0.3) is 10.0 Å². The maximum absolute atomic E-state index is 13.5. The molecule has 0 atom stereocenters. The number of benzene rings is 3. The molecular formula is C24H26N2O5S. The predicted octanol–water partition coefficient (Wildman–Crippen LogP) is 4.15. The molecule has 1 amide bonds. The number of nitrogens with one attached hydrogen (secondary N) is 1. The number of hydrogen-bond donors (Lipinski definition) is 1. The van der Waals surface area contributed by atoms with Crippen LogP contribution in [0.3, 0.4) is 0 Å². The lowest BCUT2D eigenvalue weighted by Crippen LogP contribution is -2.38. The normalized spacial score (nSPS) is 11.0. The molecular weight excluding hydrogens is 428 g/mol. The van der Waals surface area contributed by atoms with Gasteiger partial charge in [-0.15, -0.1) is 0 Å². The molecule has 0 saturated carbocycles. The summed E-state index contributed by atoms with van der Waals surface area (Å²) in [5.74, 6) is 0.533. The van der Waals surface area contributed by atoms with Crippen LogP contribution < -0.4 is 19.1 Å². The van der Waals surface area contributed by atoms with E-state index in [4.69, 9.17) is 9.47 Å². The quantitative estimate of drug-likeness (QED) is 0.553. The molecule has 0 aliphatic rings. The number of anilines is 2. The van der Waals surface area contributed by atoms with Crippen LogP contribution >= 0.6 is 0 Å². The zero-order chi connectivity index (χ0) is 23.3. The van der Waals surface area contributed by atoms with Crippen LogP contribution in [0.4, 0.5) is 11.4 Å². The van der Waals surface area contributed by atoms with E-state index in [2.05, 4.69) is 5.32 Å². The molecule has 1 N–H and O–H groups in total. The lowest BCUT2D eigenvalue weighted by molar-refractivity contribution is -0.114. The lowest BCUT2D eigenvalue weighted by atomic mass is 10.2. The van der Waals surface area contributed by atoms with E-state index in [1.807, 2.05) is 19.9 Å². The van der Waals surface area contributed by atoms with E-state index in [9.17, 15) is 13.2 Å². The van der Waals surface area contributed by atoms with E-state index in [1.54, 1.807) is 48.5 Å². The fourth-order valence-corrected chi connectivity index (χ4v) is 4.56. The van der Waals surface area contributed by atoms with E-state index in [1.165, 1.54) is 26.4 Å². The number of aryl methyl sites for hydroxylation is 2. The summed E-state index contributed by atoms with van der Waals surface area (Å²) in [6.07, 6.45) is 0. The average molecular weight is 455 g/mol. The standard InChI is InChI=1S/C24H26N2O5S/c1-17-5-8-19(9-6-17)26(32(28,29)21-12-10-20(30-3)11-13-21)16-24(27)25-22-15-18(2)7-14-23(22)31-4/h5-15H,16H2,1-4H3,(H,25,27). The second-order valence-corrected chi connectivity index (χ2v) is 9.14. The Morgan fingerprint density at radius 2 is 1.50 bits per heavy atom. The third-order valence-electron chi connectivity index (χ3n) is 4.89. The number of ether oxygens (including phenoxy) is 2. The average Bonchev–Trinajstić information content (AvgIpc) is 2.78. The van der Waals surface area contributed by atoms with Crippen molar-refractivity contribution in [1.82, 2.24) is 0 Å². The first-order valence-corrected chi connectivity index (χ1v) is 11.4. The second kappa shape index (κ2) is 9.74. The van der Waals surface area contributed by atoms with Gasteiger partial charge in [-0.3, -0.25) is 9.10 Å². The van der Waals surface area contributed by atoms with Gasteiger partial charge in [0.05, 0.1) is 30.5 Å². The van der Waals surface area contributed by atoms with E-state index in [0.29, 0.717) is 22.9 Å². The van der Waals surface area contributed by atoms with Crippen molar-refractivity contribution in [3.8, 4) is 11.5 Å². The molecule has 0 heterocycles. The first-order chi connectivity index (χ1) is 15.2. The van der Waals surface area contributed by atoms with Crippen LogP contribution in [0.25, 0.3) is 0 Å². The first-order valence-electron chi connectivity index (χ1n) is 9.92. The monoisotopic (exact) mass is 454 g/mol. The molecule has 3 rings (SSSR count). The highest BCUT2D eigenvalue weighted by atomic mass is 32.2. The third kappa shape index (κ3) is 5.20. The Hall–Kier alpha value is -3.52. The Labute approximate surface area is 188 Å². The number of hydrogen-bond acceptors (Lipinski definition) is 5. The summed E-state index contributed by atoms with van der Waals surface area (Å²) >= 11 is 0. The van der Waals surface area contributed by atoms with E-state index in [-0.39, 0.29) is 4.90 Å². The topological polar surface area (TPSA) is 84.9 Å². The van der Waals surface area contributed by atoms with Crippen LogP contribution in [0.15, 0.2) is 71.6 Å². The number of amides is 1.